The average molecular weight is 177 g/mol. The molecule has 0 saturated heterocycles. The van der Waals surface area contributed by atoms with Gasteiger partial charge in [-0.25, -0.2) is 0 Å². The lowest BCUT2D eigenvalue weighted by Gasteiger charge is -2.10. The molecule has 1 nitrogen and oxygen atoms in total. The smallest absolute Gasteiger partial charge is 0.00362 e. The van der Waals surface area contributed by atoms with Crippen molar-refractivity contribution in [3.05, 3.63) is 35.9 Å². The highest BCUT2D eigenvalue weighted by Gasteiger charge is 1.96. The maximum atomic E-state index is 3.48. The van der Waals surface area contributed by atoms with Crippen LogP contribution in [0.3, 0.4) is 0 Å². The summed E-state index contributed by atoms with van der Waals surface area (Å²) in [7, 11) is 0. The van der Waals surface area contributed by atoms with Gasteiger partial charge in [-0.15, -0.1) is 0 Å². The maximum absolute atomic E-state index is 3.48. The number of nitrogens with one attached hydrogen (secondary N) is 1. The minimum absolute atomic E-state index is 0.642. The largest absolute Gasteiger partial charge is 0.314 e. The fraction of sp³-hybridized carbons (Fsp3) is 0.500. The summed E-state index contributed by atoms with van der Waals surface area (Å²) in [6.07, 6.45) is 2.33. The first kappa shape index (κ1) is 10.3. The summed E-state index contributed by atoms with van der Waals surface area (Å²) in [4.78, 5) is 0. The highest BCUT2D eigenvalue weighted by atomic mass is 14.9. The van der Waals surface area contributed by atoms with Crippen molar-refractivity contribution in [3.8, 4) is 0 Å². The number of hydrogen-bond acceptors (Lipinski definition) is 1. The Bertz CT molecular complexity index is 218. The van der Waals surface area contributed by atoms with Crippen LogP contribution < -0.4 is 5.32 Å². The molecule has 0 bridgehead atoms. The molecular formula is C12H19N. The van der Waals surface area contributed by atoms with Gasteiger partial charge in [0.05, 0.1) is 0 Å². The molecule has 0 saturated carbocycles. The first-order chi connectivity index (χ1) is 6.33. The van der Waals surface area contributed by atoms with E-state index in [0.717, 1.165) is 13.0 Å². The van der Waals surface area contributed by atoms with E-state index in [2.05, 4.69) is 49.5 Å². The Labute approximate surface area is 81.2 Å². The predicted molar refractivity (Wildman–Crippen MR) is 57.9 cm³/mol. The van der Waals surface area contributed by atoms with E-state index in [1.807, 2.05) is 0 Å². The van der Waals surface area contributed by atoms with E-state index in [-0.39, 0.29) is 0 Å². The van der Waals surface area contributed by atoms with Gasteiger partial charge >= 0.3 is 0 Å². The second-order valence-corrected chi connectivity index (χ2v) is 3.50. The molecule has 0 unspecified atom stereocenters. The molecule has 0 spiro atoms. The van der Waals surface area contributed by atoms with Gasteiger partial charge in [0, 0.05) is 6.04 Å². The number of hydrogen-bond donors (Lipinski definition) is 1. The first-order valence-corrected chi connectivity index (χ1v) is 5.10. The molecule has 0 radical (unpaired) electrons. The molecule has 72 valence electrons. The van der Waals surface area contributed by atoms with Crippen molar-refractivity contribution >= 4 is 0 Å². The summed E-state index contributed by atoms with van der Waals surface area (Å²) in [5.41, 5.74) is 1.42. The van der Waals surface area contributed by atoms with Crippen LogP contribution in [0.25, 0.3) is 0 Å². The molecule has 0 amide bonds. The molecule has 0 aromatic heterocycles. The van der Waals surface area contributed by atoms with Gasteiger partial charge in [0.25, 0.3) is 0 Å². The van der Waals surface area contributed by atoms with Crippen molar-refractivity contribution in [1.82, 2.24) is 5.32 Å². The van der Waals surface area contributed by atoms with Crippen LogP contribution in [0.15, 0.2) is 30.3 Å². The molecule has 0 aliphatic carbocycles. The van der Waals surface area contributed by atoms with Gasteiger partial charge < -0.3 is 5.32 Å². The molecule has 1 atom stereocenters. The normalized spacial score (nSPS) is 12.8. The van der Waals surface area contributed by atoms with Gasteiger partial charge in [-0.2, -0.15) is 0 Å². The van der Waals surface area contributed by atoms with Crippen LogP contribution in [0.1, 0.15) is 25.8 Å². The Hall–Kier alpha value is -0.820. The molecule has 1 N–H and O–H groups in total. The first-order valence-electron chi connectivity index (χ1n) is 5.10. The lowest BCUT2D eigenvalue weighted by atomic mass is 10.1. The summed E-state index contributed by atoms with van der Waals surface area (Å²) in [6, 6.07) is 11.3. The van der Waals surface area contributed by atoms with Gasteiger partial charge in [-0.3, -0.25) is 0 Å². The molecule has 1 rings (SSSR count). The zero-order chi connectivity index (χ0) is 9.52. The fourth-order valence-electron chi connectivity index (χ4n) is 1.25. The molecule has 1 heteroatoms. The van der Waals surface area contributed by atoms with Gasteiger partial charge in [0.1, 0.15) is 0 Å². The van der Waals surface area contributed by atoms with Gasteiger partial charge in [0.2, 0.25) is 0 Å². The molecule has 0 aliphatic rings. The Kier molecular flexibility index (Phi) is 4.55. The Balaban J connectivity index is 2.20. The number of rotatable bonds is 5. The van der Waals surface area contributed by atoms with Crippen LogP contribution in [0.2, 0.25) is 0 Å². The molecule has 0 aliphatic heterocycles. The summed E-state index contributed by atoms with van der Waals surface area (Å²) in [6.45, 7) is 5.52. The van der Waals surface area contributed by atoms with Gasteiger partial charge in [0.15, 0.2) is 0 Å². The van der Waals surface area contributed by atoms with E-state index in [4.69, 9.17) is 0 Å². The van der Waals surface area contributed by atoms with Crippen molar-refractivity contribution in [2.45, 2.75) is 32.7 Å². The van der Waals surface area contributed by atoms with Crippen LogP contribution in [0.5, 0.6) is 0 Å². The highest BCUT2D eigenvalue weighted by Crippen LogP contribution is 1.98. The van der Waals surface area contributed by atoms with E-state index in [1.165, 1.54) is 12.0 Å². The van der Waals surface area contributed by atoms with Crippen molar-refractivity contribution in [1.29, 1.82) is 0 Å². The van der Waals surface area contributed by atoms with Crippen LogP contribution >= 0.6 is 0 Å². The van der Waals surface area contributed by atoms with E-state index >= 15 is 0 Å². The van der Waals surface area contributed by atoms with Crippen LogP contribution in [0, 0.1) is 0 Å². The topological polar surface area (TPSA) is 12.0 Å². The van der Waals surface area contributed by atoms with E-state index in [0.29, 0.717) is 6.04 Å². The summed E-state index contributed by atoms with van der Waals surface area (Å²) in [5.74, 6) is 0. The second-order valence-electron chi connectivity index (χ2n) is 3.50. The predicted octanol–water partition coefficient (Wildman–Crippen LogP) is 2.62. The third kappa shape index (κ3) is 4.09. The molecule has 0 heterocycles. The quantitative estimate of drug-likeness (QED) is 0.729. The highest BCUT2D eigenvalue weighted by molar-refractivity contribution is 5.14. The lowest BCUT2D eigenvalue weighted by molar-refractivity contribution is 0.537. The van der Waals surface area contributed by atoms with Crippen molar-refractivity contribution in [3.63, 3.8) is 0 Å². The monoisotopic (exact) mass is 177 g/mol. The minimum Gasteiger partial charge on any atom is -0.314 e. The second kappa shape index (κ2) is 5.76. The average Bonchev–Trinajstić information content (AvgIpc) is 2.19. The molecule has 1 aromatic rings. The Morgan fingerprint density at radius 3 is 2.54 bits per heavy atom. The maximum Gasteiger partial charge on any atom is 0.00362 e. The van der Waals surface area contributed by atoms with E-state index < -0.39 is 0 Å². The van der Waals surface area contributed by atoms with Crippen LogP contribution in [-0.2, 0) is 6.42 Å². The third-order valence-electron chi connectivity index (χ3n) is 2.36. The summed E-state index contributed by atoms with van der Waals surface area (Å²) in [5, 5.41) is 3.48. The Morgan fingerprint density at radius 2 is 1.92 bits per heavy atom. The lowest BCUT2D eigenvalue weighted by Crippen LogP contribution is -2.27. The zero-order valence-electron chi connectivity index (χ0n) is 8.59. The molecule has 0 fully saturated rings. The van der Waals surface area contributed by atoms with Crippen molar-refractivity contribution in [2.75, 3.05) is 6.54 Å². The van der Waals surface area contributed by atoms with E-state index in [9.17, 15) is 0 Å². The van der Waals surface area contributed by atoms with E-state index in [1.54, 1.807) is 0 Å². The summed E-state index contributed by atoms with van der Waals surface area (Å²) >= 11 is 0. The SMILES string of the molecule is CC[C@@H](C)NCCc1ccccc1. The van der Waals surface area contributed by atoms with Gasteiger partial charge in [-0.1, -0.05) is 37.3 Å². The molecule has 13 heavy (non-hydrogen) atoms. The van der Waals surface area contributed by atoms with Gasteiger partial charge in [-0.05, 0) is 31.9 Å². The fourth-order valence-corrected chi connectivity index (χ4v) is 1.25. The molecular weight excluding hydrogens is 158 g/mol. The zero-order valence-corrected chi connectivity index (χ0v) is 8.59. The minimum atomic E-state index is 0.642. The third-order valence-corrected chi connectivity index (χ3v) is 2.36. The van der Waals surface area contributed by atoms with Crippen LogP contribution in [-0.4, -0.2) is 12.6 Å². The standard InChI is InChI=1S/C12H19N/c1-3-11(2)13-10-9-12-7-5-4-6-8-12/h4-8,11,13H,3,9-10H2,1-2H3/t11-/m1/s1. The summed E-state index contributed by atoms with van der Waals surface area (Å²) < 4.78 is 0. The van der Waals surface area contributed by atoms with Crippen molar-refractivity contribution < 1.29 is 0 Å². The molecule has 1 aromatic carbocycles. The van der Waals surface area contributed by atoms with Crippen molar-refractivity contribution in [2.24, 2.45) is 0 Å². The van der Waals surface area contributed by atoms with Crippen LogP contribution in [0.4, 0.5) is 0 Å². The Morgan fingerprint density at radius 1 is 1.23 bits per heavy atom. The number of benzene rings is 1.